The van der Waals surface area contributed by atoms with Gasteiger partial charge in [0.2, 0.25) is 0 Å². The second-order valence-electron chi connectivity index (χ2n) is 6.70. The molecule has 2 aliphatic rings. The third kappa shape index (κ3) is 3.94. The van der Waals surface area contributed by atoms with Gasteiger partial charge in [-0.05, 0) is 29.8 Å². The molecule has 3 N–H and O–H groups in total. The number of pyridine rings is 1. The van der Waals surface area contributed by atoms with Crippen molar-refractivity contribution in [3.63, 3.8) is 0 Å². The number of hydrazine groups is 1. The number of alkyl halides is 3. The molecule has 1 amide bonds. The molecule has 0 radical (unpaired) electrons. The molecule has 1 aliphatic carbocycles. The molecule has 0 saturated carbocycles. The Hall–Kier alpha value is -3.86. The molecule has 0 fully saturated rings. The van der Waals surface area contributed by atoms with Gasteiger partial charge in [0.15, 0.2) is 0 Å². The number of halogens is 3. The molecule has 0 spiro atoms. The van der Waals surface area contributed by atoms with Crippen LogP contribution in [0.4, 0.5) is 19.0 Å². The van der Waals surface area contributed by atoms with Crippen LogP contribution >= 0.6 is 0 Å². The fourth-order valence-electron chi connectivity index (χ4n) is 2.96. The lowest BCUT2D eigenvalue weighted by atomic mass is 10.0. The van der Waals surface area contributed by atoms with Gasteiger partial charge in [-0.25, -0.2) is 4.98 Å². The predicted octanol–water partition coefficient (Wildman–Crippen LogP) is 3.10. The van der Waals surface area contributed by atoms with Crippen molar-refractivity contribution in [1.29, 1.82) is 0 Å². The van der Waals surface area contributed by atoms with E-state index in [2.05, 4.69) is 20.9 Å². The Balaban J connectivity index is 1.53. The topological polar surface area (TPSA) is 103 Å². The molecular weight excluding hydrogens is 415 g/mol. The first-order valence-electron chi connectivity index (χ1n) is 9.05. The molecule has 160 valence electrons. The second-order valence-corrected chi connectivity index (χ2v) is 6.70. The Morgan fingerprint density at radius 3 is 2.65 bits per heavy atom. The number of nitrogens with zero attached hydrogens (tertiary/aromatic N) is 3. The highest BCUT2D eigenvalue weighted by Crippen LogP contribution is 2.42. The number of amides is 1. The number of allylic oxidation sites excluding steroid dienone is 5. The van der Waals surface area contributed by atoms with Gasteiger partial charge in [-0.3, -0.25) is 10.2 Å². The van der Waals surface area contributed by atoms with Gasteiger partial charge < -0.3 is 14.9 Å². The van der Waals surface area contributed by atoms with Gasteiger partial charge in [0.25, 0.3) is 11.6 Å². The van der Waals surface area contributed by atoms with Gasteiger partial charge >= 0.3 is 6.18 Å². The summed E-state index contributed by atoms with van der Waals surface area (Å²) in [5.74, 6) is -0.800. The van der Waals surface area contributed by atoms with Crippen molar-refractivity contribution in [2.24, 2.45) is 5.10 Å². The van der Waals surface area contributed by atoms with Crippen molar-refractivity contribution in [3.05, 3.63) is 84.1 Å². The first-order valence-corrected chi connectivity index (χ1v) is 9.05. The van der Waals surface area contributed by atoms with Crippen molar-refractivity contribution in [2.75, 3.05) is 5.43 Å². The van der Waals surface area contributed by atoms with E-state index in [9.17, 15) is 23.1 Å². The number of carbonyl (C=O) groups excluding carboxylic acids is 1. The third-order valence-corrected chi connectivity index (χ3v) is 4.57. The van der Waals surface area contributed by atoms with Crippen LogP contribution in [0.25, 0.3) is 0 Å². The third-order valence-electron chi connectivity index (χ3n) is 4.57. The minimum Gasteiger partial charge on any atom is -0.463 e. The van der Waals surface area contributed by atoms with E-state index in [4.69, 9.17) is 4.42 Å². The van der Waals surface area contributed by atoms with E-state index in [0.717, 1.165) is 11.8 Å². The second kappa shape index (κ2) is 7.76. The summed E-state index contributed by atoms with van der Waals surface area (Å²) in [6, 6.07) is 5.54. The highest BCUT2D eigenvalue weighted by atomic mass is 19.4. The van der Waals surface area contributed by atoms with Crippen LogP contribution < -0.4 is 10.9 Å². The molecule has 8 nitrogen and oxygen atoms in total. The molecule has 4 rings (SSSR count). The Kier molecular flexibility index (Phi) is 5.11. The molecular formula is C20H16F3N5O3. The van der Waals surface area contributed by atoms with Crippen molar-refractivity contribution in [3.8, 4) is 0 Å². The van der Waals surface area contributed by atoms with Crippen molar-refractivity contribution in [2.45, 2.75) is 18.3 Å². The van der Waals surface area contributed by atoms with Crippen LogP contribution in [-0.4, -0.2) is 38.6 Å². The number of aliphatic hydroxyl groups is 1. The van der Waals surface area contributed by atoms with Gasteiger partial charge in [-0.15, -0.1) is 0 Å². The predicted molar refractivity (Wildman–Crippen MR) is 104 cm³/mol. The van der Waals surface area contributed by atoms with E-state index in [-0.39, 0.29) is 22.0 Å². The molecule has 31 heavy (non-hydrogen) atoms. The fraction of sp³-hybridized carbons (Fsp3) is 0.150. The number of furan rings is 1. The SMILES string of the molecule is O=C(c1ccc(NNC=C2C=CC=C2)nc1)N1N=C(c2ccco2)CC1(O)C(F)(F)F. The summed E-state index contributed by atoms with van der Waals surface area (Å²) < 4.78 is 45.9. The maximum Gasteiger partial charge on any atom is 0.438 e. The maximum absolute atomic E-state index is 13.6. The largest absolute Gasteiger partial charge is 0.463 e. The molecule has 0 saturated heterocycles. The highest BCUT2D eigenvalue weighted by molar-refractivity contribution is 6.03. The number of carbonyl (C=O) groups is 1. The van der Waals surface area contributed by atoms with E-state index < -0.39 is 24.2 Å². The minimum atomic E-state index is -5.14. The maximum atomic E-state index is 13.6. The summed E-state index contributed by atoms with van der Waals surface area (Å²) in [5.41, 5.74) is 2.62. The standard InChI is InChI=1S/C20H16F3N5O3/c21-20(22,23)19(30)10-15(16-6-3-9-31-16)27-28(19)18(29)14-7-8-17(24-12-14)26-25-11-13-4-1-2-5-13/h1-9,11-12,25,30H,10H2,(H,24,26). The lowest BCUT2D eigenvalue weighted by Crippen LogP contribution is -2.56. The first-order chi connectivity index (χ1) is 14.8. The van der Waals surface area contributed by atoms with Crippen LogP contribution in [0, 0.1) is 0 Å². The minimum absolute atomic E-state index is 0.0242. The van der Waals surface area contributed by atoms with Gasteiger partial charge in [-0.1, -0.05) is 24.3 Å². The molecule has 1 aliphatic heterocycles. The lowest BCUT2D eigenvalue weighted by Gasteiger charge is -2.32. The van der Waals surface area contributed by atoms with Gasteiger partial charge in [-0.2, -0.15) is 23.3 Å². The molecule has 0 bridgehead atoms. The summed E-state index contributed by atoms with van der Waals surface area (Å²) in [5, 5.41) is 14.1. The van der Waals surface area contributed by atoms with E-state index in [1.54, 1.807) is 6.20 Å². The van der Waals surface area contributed by atoms with Gasteiger partial charge in [0.1, 0.15) is 17.3 Å². The number of hydrogen-bond acceptors (Lipinski definition) is 7. The molecule has 2 aromatic rings. The first kappa shape index (κ1) is 20.4. The molecule has 3 heterocycles. The van der Waals surface area contributed by atoms with E-state index in [1.807, 2.05) is 24.3 Å². The molecule has 1 unspecified atom stereocenters. The zero-order chi connectivity index (χ0) is 22.1. The van der Waals surface area contributed by atoms with Crippen LogP contribution in [0.3, 0.4) is 0 Å². The monoisotopic (exact) mass is 431 g/mol. The molecule has 2 aromatic heterocycles. The molecule has 0 aromatic carbocycles. The van der Waals surface area contributed by atoms with E-state index in [1.165, 1.54) is 30.5 Å². The number of hydrogen-bond donors (Lipinski definition) is 3. The average Bonchev–Trinajstić information content (AvgIpc) is 3.49. The van der Waals surface area contributed by atoms with Crippen LogP contribution in [0.1, 0.15) is 22.5 Å². The zero-order valence-electron chi connectivity index (χ0n) is 15.8. The van der Waals surface area contributed by atoms with E-state index in [0.29, 0.717) is 5.82 Å². The quantitative estimate of drug-likeness (QED) is 0.629. The van der Waals surface area contributed by atoms with Crippen LogP contribution in [0.15, 0.2) is 82.3 Å². The number of hydrazone groups is 1. The Bertz CT molecular complexity index is 1070. The summed E-state index contributed by atoms with van der Waals surface area (Å²) in [6.45, 7) is 0. The van der Waals surface area contributed by atoms with E-state index >= 15 is 0 Å². The average molecular weight is 431 g/mol. The summed E-state index contributed by atoms with van der Waals surface area (Å²) >= 11 is 0. The zero-order valence-corrected chi connectivity index (χ0v) is 15.8. The van der Waals surface area contributed by atoms with Gasteiger partial charge in [0.05, 0.1) is 18.2 Å². The number of rotatable bonds is 5. The van der Waals surface area contributed by atoms with Crippen LogP contribution in [0.5, 0.6) is 0 Å². The van der Waals surface area contributed by atoms with Crippen molar-refractivity contribution >= 4 is 17.4 Å². The Morgan fingerprint density at radius 1 is 1.26 bits per heavy atom. The van der Waals surface area contributed by atoms with Crippen LogP contribution in [0.2, 0.25) is 0 Å². The summed E-state index contributed by atoms with van der Waals surface area (Å²) in [4.78, 5) is 16.7. The Morgan fingerprint density at radius 2 is 2.03 bits per heavy atom. The van der Waals surface area contributed by atoms with Gasteiger partial charge in [0, 0.05) is 12.4 Å². The lowest BCUT2D eigenvalue weighted by molar-refractivity contribution is -0.297. The summed E-state index contributed by atoms with van der Waals surface area (Å²) in [7, 11) is 0. The normalized spacial score (nSPS) is 20.2. The number of anilines is 1. The Labute approximate surface area is 174 Å². The molecule has 11 heteroatoms. The highest BCUT2D eigenvalue weighted by Gasteiger charge is 2.63. The number of aromatic nitrogens is 1. The van der Waals surface area contributed by atoms with Crippen molar-refractivity contribution in [1.82, 2.24) is 15.4 Å². The van der Waals surface area contributed by atoms with Crippen molar-refractivity contribution < 1.29 is 27.5 Å². The fourth-order valence-corrected chi connectivity index (χ4v) is 2.96. The molecule has 1 atom stereocenters. The van der Waals surface area contributed by atoms with Crippen LogP contribution in [-0.2, 0) is 0 Å². The number of nitrogens with one attached hydrogen (secondary N) is 2. The smallest absolute Gasteiger partial charge is 0.438 e. The summed E-state index contributed by atoms with van der Waals surface area (Å²) in [6.07, 6.45) is 5.41.